The Bertz CT molecular complexity index is 282. The molecule has 0 spiro atoms. The molecule has 3 heteroatoms. The number of halogens is 1. The molecule has 0 radical (unpaired) electrons. The summed E-state index contributed by atoms with van der Waals surface area (Å²) in [5.74, 6) is 0.634. The van der Waals surface area contributed by atoms with Gasteiger partial charge in [-0.1, -0.05) is 28.8 Å². The van der Waals surface area contributed by atoms with Gasteiger partial charge in [0.1, 0.15) is 0 Å². The van der Waals surface area contributed by atoms with E-state index in [0.29, 0.717) is 10.7 Å². The molecule has 2 rings (SSSR count). The minimum atomic E-state index is 0.634. The molecule has 2 unspecified atom stereocenters. The number of hydrogen-bond acceptors (Lipinski definition) is 1. The van der Waals surface area contributed by atoms with Crippen LogP contribution in [0.4, 0.5) is 0 Å². The second kappa shape index (κ2) is 3.82. The van der Waals surface area contributed by atoms with Crippen LogP contribution in [0, 0.1) is 0 Å². The third-order valence-corrected chi connectivity index (χ3v) is 3.89. The zero-order chi connectivity index (χ0) is 9.26. The van der Waals surface area contributed by atoms with Crippen molar-refractivity contribution in [1.82, 2.24) is 9.78 Å². The van der Waals surface area contributed by atoms with Gasteiger partial charge in [0.2, 0.25) is 0 Å². The standard InChI is InChI=1S/C10H15BrN2/c1-13-7-6-10(12-13)8-4-2-3-5-9(8)11/h6-9H,2-5H2,1H3. The van der Waals surface area contributed by atoms with E-state index in [1.807, 2.05) is 17.9 Å². The summed E-state index contributed by atoms with van der Waals surface area (Å²) in [7, 11) is 1.98. The summed E-state index contributed by atoms with van der Waals surface area (Å²) in [5, 5.41) is 4.47. The number of nitrogens with zero attached hydrogens (tertiary/aromatic N) is 2. The van der Waals surface area contributed by atoms with Gasteiger partial charge < -0.3 is 0 Å². The largest absolute Gasteiger partial charge is 0.276 e. The SMILES string of the molecule is Cn1ccc(C2CCCCC2Br)n1. The second-order valence-electron chi connectivity index (χ2n) is 3.82. The quantitative estimate of drug-likeness (QED) is 0.693. The Morgan fingerprint density at radius 2 is 2.23 bits per heavy atom. The van der Waals surface area contributed by atoms with E-state index in [9.17, 15) is 0 Å². The van der Waals surface area contributed by atoms with Crippen LogP contribution >= 0.6 is 15.9 Å². The predicted molar refractivity (Wildman–Crippen MR) is 57.1 cm³/mol. The highest BCUT2D eigenvalue weighted by molar-refractivity contribution is 9.09. The molecule has 13 heavy (non-hydrogen) atoms. The van der Waals surface area contributed by atoms with Gasteiger partial charge in [0.05, 0.1) is 5.69 Å². The number of aromatic nitrogens is 2. The van der Waals surface area contributed by atoms with Gasteiger partial charge in [-0.25, -0.2) is 0 Å². The number of hydrogen-bond donors (Lipinski definition) is 0. The summed E-state index contributed by atoms with van der Waals surface area (Å²) in [6.45, 7) is 0. The molecule has 0 saturated heterocycles. The summed E-state index contributed by atoms with van der Waals surface area (Å²) in [6, 6.07) is 2.14. The van der Waals surface area contributed by atoms with E-state index >= 15 is 0 Å². The van der Waals surface area contributed by atoms with Crippen molar-refractivity contribution in [2.45, 2.75) is 36.4 Å². The highest BCUT2D eigenvalue weighted by atomic mass is 79.9. The van der Waals surface area contributed by atoms with E-state index in [1.165, 1.54) is 31.4 Å². The average molecular weight is 243 g/mol. The van der Waals surface area contributed by atoms with Crippen LogP contribution in [0.5, 0.6) is 0 Å². The molecule has 0 aromatic carbocycles. The van der Waals surface area contributed by atoms with E-state index in [1.54, 1.807) is 0 Å². The first-order valence-electron chi connectivity index (χ1n) is 4.91. The lowest BCUT2D eigenvalue weighted by Crippen LogP contribution is -2.17. The molecule has 0 amide bonds. The van der Waals surface area contributed by atoms with Crippen LogP contribution < -0.4 is 0 Å². The smallest absolute Gasteiger partial charge is 0.0666 e. The summed E-state index contributed by atoms with van der Waals surface area (Å²) >= 11 is 3.75. The molecule has 1 aliphatic rings. The Morgan fingerprint density at radius 1 is 1.46 bits per heavy atom. The molecule has 1 aliphatic carbocycles. The maximum Gasteiger partial charge on any atom is 0.0666 e. The molecule has 1 saturated carbocycles. The molecule has 1 fully saturated rings. The Labute approximate surface area is 87.5 Å². The number of alkyl halides is 1. The maximum absolute atomic E-state index is 4.47. The monoisotopic (exact) mass is 242 g/mol. The fraction of sp³-hybridized carbons (Fsp3) is 0.700. The first-order valence-corrected chi connectivity index (χ1v) is 5.82. The molecule has 0 bridgehead atoms. The average Bonchev–Trinajstić information content (AvgIpc) is 2.53. The number of aryl methyl sites for hydroxylation is 1. The van der Waals surface area contributed by atoms with Crippen molar-refractivity contribution in [2.24, 2.45) is 7.05 Å². The lowest BCUT2D eigenvalue weighted by atomic mass is 9.87. The lowest BCUT2D eigenvalue weighted by molar-refractivity contribution is 0.450. The molecule has 1 heterocycles. The van der Waals surface area contributed by atoms with E-state index in [4.69, 9.17) is 0 Å². The van der Waals surface area contributed by atoms with Crippen molar-refractivity contribution < 1.29 is 0 Å². The summed E-state index contributed by atoms with van der Waals surface area (Å²) in [4.78, 5) is 0.635. The van der Waals surface area contributed by atoms with E-state index in [-0.39, 0.29) is 0 Å². The van der Waals surface area contributed by atoms with Crippen LogP contribution in [0.1, 0.15) is 37.3 Å². The van der Waals surface area contributed by atoms with Crippen LogP contribution in [0.3, 0.4) is 0 Å². The van der Waals surface area contributed by atoms with Crippen LogP contribution in [0.2, 0.25) is 0 Å². The van der Waals surface area contributed by atoms with Gasteiger partial charge in [0.15, 0.2) is 0 Å². The normalized spacial score (nSPS) is 29.1. The zero-order valence-corrected chi connectivity index (χ0v) is 9.50. The Kier molecular flexibility index (Phi) is 2.72. The van der Waals surface area contributed by atoms with E-state index in [2.05, 4.69) is 27.1 Å². The second-order valence-corrected chi connectivity index (χ2v) is 5.00. The minimum Gasteiger partial charge on any atom is -0.276 e. The fourth-order valence-electron chi connectivity index (χ4n) is 2.05. The molecule has 72 valence electrons. The van der Waals surface area contributed by atoms with Crippen LogP contribution in [-0.2, 0) is 7.05 Å². The van der Waals surface area contributed by atoms with Crippen molar-refractivity contribution >= 4 is 15.9 Å². The summed E-state index contributed by atoms with van der Waals surface area (Å²) < 4.78 is 1.89. The molecule has 2 nitrogen and oxygen atoms in total. The zero-order valence-electron chi connectivity index (χ0n) is 7.91. The molecule has 2 atom stereocenters. The first kappa shape index (κ1) is 9.25. The van der Waals surface area contributed by atoms with Crippen molar-refractivity contribution in [2.75, 3.05) is 0 Å². The predicted octanol–water partition coefficient (Wildman–Crippen LogP) is 2.84. The van der Waals surface area contributed by atoms with Crippen LogP contribution in [0.15, 0.2) is 12.3 Å². The molecule has 0 N–H and O–H groups in total. The summed E-state index contributed by atoms with van der Waals surface area (Å²) in [6.07, 6.45) is 7.32. The maximum atomic E-state index is 4.47. The lowest BCUT2D eigenvalue weighted by Gasteiger charge is -2.25. The molecular formula is C10H15BrN2. The third-order valence-electron chi connectivity index (χ3n) is 2.80. The van der Waals surface area contributed by atoms with Crippen molar-refractivity contribution in [3.8, 4) is 0 Å². The van der Waals surface area contributed by atoms with Crippen LogP contribution in [-0.4, -0.2) is 14.6 Å². The third kappa shape index (κ3) is 1.96. The van der Waals surface area contributed by atoms with E-state index < -0.39 is 0 Å². The Hall–Kier alpha value is -0.310. The van der Waals surface area contributed by atoms with Gasteiger partial charge >= 0.3 is 0 Å². The molecule has 0 aliphatic heterocycles. The van der Waals surface area contributed by atoms with Gasteiger partial charge in [-0.15, -0.1) is 0 Å². The van der Waals surface area contributed by atoms with Gasteiger partial charge in [0, 0.05) is 24.0 Å². The number of rotatable bonds is 1. The molecular weight excluding hydrogens is 228 g/mol. The van der Waals surface area contributed by atoms with Crippen molar-refractivity contribution in [3.63, 3.8) is 0 Å². The fourth-order valence-corrected chi connectivity index (χ4v) is 2.91. The molecule has 1 aromatic heterocycles. The van der Waals surface area contributed by atoms with Gasteiger partial charge in [-0.2, -0.15) is 5.10 Å². The highest BCUT2D eigenvalue weighted by Gasteiger charge is 2.25. The first-order chi connectivity index (χ1) is 6.27. The minimum absolute atomic E-state index is 0.634. The topological polar surface area (TPSA) is 17.8 Å². The van der Waals surface area contributed by atoms with Crippen molar-refractivity contribution in [3.05, 3.63) is 18.0 Å². The Morgan fingerprint density at radius 3 is 2.85 bits per heavy atom. The Balaban J connectivity index is 2.14. The van der Waals surface area contributed by atoms with Gasteiger partial charge in [-0.3, -0.25) is 4.68 Å². The highest BCUT2D eigenvalue weighted by Crippen LogP contribution is 2.36. The summed E-state index contributed by atoms with van der Waals surface area (Å²) in [5.41, 5.74) is 1.25. The van der Waals surface area contributed by atoms with Crippen molar-refractivity contribution in [1.29, 1.82) is 0 Å². The molecule has 1 aromatic rings. The van der Waals surface area contributed by atoms with Crippen LogP contribution in [0.25, 0.3) is 0 Å². The van der Waals surface area contributed by atoms with E-state index in [0.717, 1.165) is 0 Å². The van der Waals surface area contributed by atoms with Gasteiger partial charge in [-0.05, 0) is 18.9 Å². The van der Waals surface area contributed by atoms with Gasteiger partial charge in [0.25, 0.3) is 0 Å².